The molecule has 0 unspecified atom stereocenters. The predicted octanol–water partition coefficient (Wildman–Crippen LogP) is -0.935. The summed E-state index contributed by atoms with van der Waals surface area (Å²) < 4.78 is 0. The SMILES string of the molecule is CC(=O)[O-].[Mg+][Cl]. The Morgan fingerprint density at radius 3 is 1.83 bits per heavy atom. The van der Waals surface area contributed by atoms with E-state index < -0.39 is 5.97 Å². The number of hydrogen-bond acceptors (Lipinski definition) is 2. The van der Waals surface area contributed by atoms with Crippen LogP contribution < -0.4 is 5.11 Å². The monoisotopic (exact) mass is 118 g/mol. The summed E-state index contributed by atoms with van der Waals surface area (Å²) >= 11 is 1.33. The molecule has 0 heterocycles. The predicted molar refractivity (Wildman–Crippen MR) is 22.3 cm³/mol. The van der Waals surface area contributed by atoms with E-state index in [4.69, 9.17) is 9.90 Å². The van der Waals surface area contributed by atoms with E-state index in [1.165, 1.54) is 20.6 Å². The molecule has 0 aromatic heterocycles. The summed E-state index contributed by atoms with van der Waals surface area (Å²) in [7, 11) is 4.67. The average Bonchev–Trinajstić information content (AvgIpc) is 1.41. The fourth-order valence-corrected chi connectivity index (χ4v) is 0. The van der Waals surface area contributed by atoms with Gasteiger partial charge in [-0.3, -0.25) is 0 Å². The van der Waals surface area contributed by atoms with E-state index in [1.807, 2.05) is 0 Å². The van der Waals surface area contributed by atoms with Crippen molar-refractivity contribution >= 4 is 35.6 Å². The summed E-state index contributed by atoms with van der Waals surface area (Å²) in [5.74, 6) is -1.08. The van der Waals surface area contributed by atoms with Gasteiger partial charge < -0.3 is 9.90 Å². The van der Waals surface area contributed by atoms with Gasteiger partial charge in [0.25, 0.3) is 0 Å². The molecular formula is C2H3ClMgO2. The summed E-state index contributed by atoms with van der Waals surface area (Å²) in [4.78, 5) is 8.89. The minimum absolute atomic E-state index is 0.972. The van der Waals surface area contributed by atoms with Crippen LogP contribution in [-0.4, -0.2) is 26.6 Å². The maximum absolute atomic E-state index is 8.89. The van der Waals surface area contributed by atoms with Gasteiger partial charge in [-0.05, 0) is 6.92 Å². The molecule has 0 aliphatic carbocycles. The first-order chi connectivity index (χ1) is 2.73. The number of hydrogen-bond donors (Lipinski definition) is 0. The second-order valence-corrected chi connectivity index (χ2v) is 0.492. The number of carboxylic acid groups (broad SMARTS) is 1. The fraction of sp³-hybridized carbons (Fsp3) is 0.500. The summed E-state index contributed by atoms with van der Waals surface area (Å²) in [6, 6.07) is 0. The van der Waals surface area contributed by atoms with Gasteiger partial charge in [-0.1, -0.05) is 0 Å². The quantitative estimate of drug-likeness (QED) is 0.386. The summed E-state index contributed by atoms with van der Waals surface area (Å²) in [6.45, 7) is 0.972. The van der Waals surface area contributed by atoms with Crippen LogP contribution in [0.15, 0.2) is 0 Å². The third kappa shape index (κ3) is 203. The van der Waals surface area contributed by atoms with E-state index >= 15 is 0 Å². The van der Waals surface area contributed by atoms with E-state index in [-0.39, 0.29) is 0 Å². The van der Waals surface area contributed by atoms with E-state index in [9.17, 15) is 0 Å². The van der Waals surface area contributed by atoms with Gasteiger partial charge in [0.15, 0.2) is 0 Å². The number of rotatable bonds is 0. The van der Waals surface area contributed by atoms with Crippen LogP contribution in [0.4, 0.5) is 0 Å². The van der Waals surface area contributed by atoms with Gasteiger partial charge in [0.2, 0.25) is 0 Å². The molecule has 0 spiro atoms. The molecule has 32 valence electrons. The van der Waals surface area contributed by atoms with Crippen LogP contribution in [0.3, 0.4) is 0 Å². The van der Waals surface area contributed by atoms with Crippen molar-refractivity contribution in [1.29, 1.82) is 0 Å². The second kappa shape index (κ2) is 9.11. The first kappa shape index (κ1) is 9.73. The van der Waals surface area contributed by atoms with Crippen molar-refractivity contribution in [3.63, 3.8) is 0 Å². The Morgan fingerprint density at radius 2 is 1.83 bits per heavy atom. The third-order valence-electron chi connectivity index (χ3n) is 0. The van der Waals surface area contributed by atoms with Crippen molar-refractivity contribution in [2.45, 2.75) is 6.92 Å². The molecule has 0 saturated carbocycles. The molecule has 0 radical (unpaired) electrons. The van der Waals surface area contributed by atoms with E-state index in [2.05, 4.69) is 9.07 Å². The molecule has 0 aromatic rings. The van der Waals surface area contributed by atoms with Crippen LogP contribution in [0.25, 0.3) is 0 Å². The Labute approximate surface area is 52.7 Å². The fourth-order valence-electron chi connectivity index (χ4n) is 0. The van der Waals surface area contributed by atoms with Crippen molar-refractivity contribution in [2.24, 2.45) is 0 Å². The van der Waals surface area contributed by atoms with Gasteiger partial charge in [0, 0.05) is 5.97 Å². The molecule has 0 saturated heterocycles. The molecule has 2 nitrogen and oxygen atoms in total. The van der Waals surface area contributed by atoms with Gasteiger partial charge in [0.1, 0.15) is 0 Å². The molecule has 0 atom stereocenters. The number of carbonyl (C=O) groups excluding carboxylic acids is 1. The van der Waals surface area contributed by atoms with E-state index in [0.29, 0.717) is 0 Å². The van der Waals surface area contributed by atoms with Gasteiger partial charge in [-0.25, -0.2) is 0 Å². The Balaban J connectivity index is 0. The van der Waals surface area contributed by atoms with Gasteiger partial charge >= 0.3 is 29.7 Å². The van der Waals surface area contributed by atoms with Gasteiger partial charge in [0.05, 0.1) is 0 Å². The molecular weight excluding hydrogens is 116 g/mol. The Kier molecular flexibility index (Phi) is 14.8. The van der Waals surface area contributed by atoms with Crippen molar-refractivity contribution in [3.05, 3.63) is 0 Å². The first-order valence-corrected chi connectivity index (χ1v) is 3.31. The average molecular weight is 119 g/mol. The number of halogens is 1. The van der Waals surface area contributed by atoms with E-state index in [0.717, 1.165) is 6.92 Å². The molecule has 0 aliphatic heterocycles. The zero-order valence-electron chi connectivity index (χ0n) is 3.40. The molecule has 6 heavy (non-hydrogen) atoms. The Morgan fingerprint density at radius 1 is 1.83 bits per heavy atom. The van der Waals surface area contributed by atoms with Crippen LogP contribution in [0.5, 0.6) is 0 Å². The van der Waals surface area contributed by atoms with Crippen LogP contribution in [-0.2, 0) is 4.79 Å². The van der Waals surface area contributed by atoms with Crippen molar-refractivity contribution in [1.82, 2.24) is 0 Å². The summed E-state index contributed by atoms with van der Waals surface area (Å²) in [5, 5.41) is 8.89. The van der Waals surface area contributed by atoms with Gasteiger partial charge in [-0.15, -0.1) is 0 Å². The molecule has 0 aromatic carbocycles. The normalized spacial score (nSPS) is 5.33. The number of carbonyl (C=O) groups is 1. The van der Waals surface area contributed by atoms with Crippen LogP contribution in [0, 0.1) is 0 Å². The zero-order valence-corrected chi connectivity index (χ0v) is 5.57. The van der Waals surface area contributed by atoms with Crippen LogP contribution in [0.1, 0.15) is 6.92 Å². The van der Waals surface area contributed by atoms with Crippen molar-refractivity contribution in [3.8, 4) is 0 Å². The van der Waals surface area contributed by atoms with Crippen LogP contribution >= 0.6 is 9.07 Å². The van der Waals surface area contributed by atoms with Crippen molar-refractivity contribution in [2.75, 3.05) is 0 Å². The molecule has 0 bridgehead atoms. The maximum atomic E-state index is 8.89. The molecule has 0 N–H and O–H groups in total. The number of aliphatic carboxylic acids is 1. The topological polar surface area (TPSA) is 40.1 Å². The molecule has 0 rings (SSSR count). The molecule has 4 heteroatoms. The van der Waals surface area contributed by atoms with Crippen molar-refractivity contribution < 1.29 is 9.90 Å². The summed E-state index contributed by atoms with van der Waals surface area (Å²) in [5.41, 5.74) is 0. The first-order valence-electron chi connectivity index (χ1n) is 1.18. The minimum atomic E-state index is -1.08. The molecule has 0 aliphatic rings. The standard InChI is InChI=1S/C2H4O2.ClH.Mg/c1-2(3)4;;/h1H3,(H,3,4);1H;/q;;+2/p-2. The molecule has 0 fully saturated rings. The second-order valence-electron chi connectivity index (χ2n) is 0.492. The van der Waals surface area contributed by atoms with Crippen LogP contribution in [0.2, 0.25) is 0 Å². The van der Waals surface area contributed by atoms with Gasteiger partial charge in [-0.2, -0.15) is 0 Å². The third-order valence-corrected chi connectivity index (χ3v) is 0. The molecule has 0 amide bonds. The summed E-state index contributed by atoms with van der Waals surface area (Å²) in [6.07, 6.45) is 0. The Hall–Kier alpha value is 0.526. The van der Waals surface area contributed by atoms with E-state index in [1.54, 1.807) is 0 Å². The Bertz CT molecular complexity index is 34.5. The number of carboxylic acids is 1. The zero-order chi connectivity index (χ0) is 5.58.